The lowest BCUT2D eigenvalue weighted by Crippen LogP contribution is -2.36. The minimum Gasteiger partial charge on any atom is -0.447 e. The van der Waals surface area contributed by atoms with Gasteiger partial charge in [0.05, 0.1) is 5.69 Å². The molecule has 2 aromatic carbocycles. The zero-order valence-corrected chi connectivity index (χ0v) is 18.2. The Kier molecular flexibility index (Phi) is 6.46. The third kappa shape index (κ3) is 4.54. The molecule has 0 aliphatic carbocycles. The second-order valence-electron chi connectivity index (χ2n) is 7.23. The lowest BCUT2D eigenvalue weighted by Gasteiger charge is -2.29. The number of ether oxygens (including phenoxy) is 1. The van der Waals surface area contributed by atoms with Crippen LogP contribution in [0.4, 0.5) is 10.1 Å². The molecule has 0 spiro atoms. The number of rotatable bonds is 6. The highest BCUT2D eigenvalue weighted by Gasteiger charge is 2.34. The van der Waals surface area contributed by atoms with Crippen LogP contribution in [0.25, 0.3) is 11.3 Å². The standard InChI is InChI=1S/C23H23FN4O2S/c1-3-4-7-14-31-23-25-21-20(26-27-23)18-8-5-6-9-19(18)28(15(2)29)22(30-21)16-10-12-17(24)13-11-16/h5-6,8-13,22H,3-4,7,14H2,1-2H3/t22-/m0/s1. The summed E-state index contributed by atoms with van der Waals surface area (Å²) < 4.78 is 19.8. The largest absolute Gasteiger partial charge is 0.447 e. The van der Waals surface area contributed by atoms with Gasteiger partial charge in [-0.25, -0.2) is 4.39 Å². The Hall–Kier alpha value is -3.00. The van der Waals surface area contributed by atoms with Gasteiger partial charge in [0.25, 0.3) is 0 Å². The summed E-state index contributed by atoms with van der Waals surface area (Å²) in [5, 5.41) is 9.21. The fourth-order valence-corrected chi connectivity index (χ4v) is 4.25. The number of fused-ring (bicyclic) bond motifs is 3. The third-order valence-corrected chi connectivity index (χ3v) is 5.91. The molecule has 0 saturated carbocycles. The van der Waals surface area contributed by atoms with Crippen LogP contribution in [0.15, 0.2) is 53.7 Å². The zero-order chi connectivity index (χ0) is 21.8. The molecule has 1 amide bonds. The molecule has 0 bridgehead atoms. The molecule has 8 heteroatoms. The first-order valence-corrected chi connectivity index (χ1v) is 11.3. The van der Waals surface area contributed by atoms with Gasteiger partial charge in [-0.05, 0) is 24.6 Å². The van der Waals surface area contributed by atoms with E-state index in [0.717, 1.165) is 25.0 Å². The Morgan fingerprint density at radius 2 is 1.90 bits per heavy atom. The summed E-state index contributed by atoms with van der Waals surface area (Å²) >= 11 is 1.53. The molecular formula is C23H23FN4O2S. The summed E-state index contributed by atoms with van der Waals surface area (Å²) in [6, 6.07) is 13.3. The second kappa shape index (κ2) is 9.43. The van der Waals surface area contributed by atoms with E-state index in [0.29, 0.717) is 33.5 Å². The molecule has 1 atom stereocenters. The molecule has 1 aromatic heterocycles. The topological polar surface area (TPSA) is 68.2 Å². The minimum atomic E-state index is -0.810. The number of amides is 1. The molecular weight excluding hydrogens is 415 g/mol. The number of para-hydroxylation sites is 1. The molecule has 3 aromatic rings. The molecule has 1 aliphatic heterocycles. The van der Waals surface area contributed by atoms with Crippen LogP contribution >= 0.6 is 11.8 Å². The molecule has 160 valence electrons. The number of aromatic nitrogens is 3. The molecule has 0 saturated heterocycles. The Morgan fingerprint density at radius 3 is 2.65 bits per heavy atom. The van der Waals surface area contributed by atoms with E-state index in [1.165, 1.54) is 30.8 Å². The maximum Gasteiger partial charge on any atom is 0.247 e. The van der Waals surface area contributed by atoms with Crippen molar-refractivity contribution in [3.05, 3.63) is 59.9 Å². The molecule has 4 rings (SSSR count). The highest BCUT2D eigenvalue weighted by molar-refractivity contribution is 7.99. The zero-order valence-electron chi connectivity index (χ0n) is 17.4. The van der Waals surface area contributed by atoms with Gasteiger partial charge in [0.1, 0.15) is 5.82 Å². The van der Waals surface area contributed by atoms with Crippen molar-refractivity contribution >= 4 is 23.4 Å². The molecule has 0 radical (unpaired) electrons. The molecule has 1 aliphatic rings. The quantitative estimate of drug-likeness (QED) is 0.379. The molecule has 2 heterocycles. The van der Waals surface area contributed by atoms with Crippen molar-refractivity contribution in [2.24, 2.45) is 0 Å². The van der Waals surface area contributed by atoms with E-state index in [4.69, 9.17) is 4.74 Å². The SMILES string of the molecule is CCCCCSc1nnc2c(n1)O[C@@H](c1ccc(F)cc1)N(C(C)=O)c1ccccc1-2. The van der Waals surface area contributed by atoms with Gasteiger partial charge in [-0.3, -0.25) is 9.69 Å². The van der Waals surface area contributed by atoms with Crippen molar-refractivity contribution in [1.82, 2.24) is 15.2 Å². The third-order valence-electron chi connectivity index (χ3n) is 4.99. The Labute approximate surface area is 184 Å². The van der Waals surface area contributed by atoms with Crippen LogP contribution < -0.4 is 9.64 Å². The van der Waals surface area contributed by atoms with E-state index < -0.39 is 6.23 Å². The monoisotopic (exact) mass is 438 g/mol. The summed E-state index contributed by atoms with van der Waals surface area (Å²) in [7, 11) is 0. The van der Waals surface area contributed by atoms with Gasteiger partial charge in [-0.1, -0.05) is 61.9 Å². The van der Waals surface area contributed by atoms with Crippen LogP contribution in [0.5, 0.6) is 5.88 Å². The van der Waals surface area contributed by atoms with Crippen LogP contribution in [0.3, 0.4) is 0 Å². The molecule has 31 heavy (non-hydrogen) atoms. The number of benzene rings is 2. The van der Waals surface area contributed by atoms with Gasteiger partial charge in [-0.15, -0.1) is 10.2 Å². The number of carbonyl (C=O) groups is 1. The molecule has 6 nitrogen and oxygen atoms in total. The summed E-state index contributed by atoms with van der Waals surface area (Å²) in [5.41, 5.74) is 2.46. The number of hydrogen-bond acceptors (Lipinski definition) is 6. The first-order chi connectivity index (χ1) is 15.1. The Morgan fingerprint density at radius 1 is 1.13 bits per heavy atom. The molecule has 0 N–H and O–H groups in total. The van der Waals surface area contributed by atoms with E-state index in [2.05, 4.69) is 22.1 Å². The van der Waals surface area contributed by atoms with Crippen LogP contribution in [-0.4, -0.2) is 26.8 Å². The number of carbonyl (C=O) groups excluding carboxylic acids is 1. The number of hydrogen-bond donors (Lipinski definition) is 0. The van der Waals surface area contributed by atoms with Crippen molar-refractivity contribution in [3.8, 4) is 17.1 Å². The minimum absolute atomic E-state index is 0.211. The fourth-order valence-electron chi connectivity index (χ4n) is 3.47. The van der Waals surface area contributed by atoms with Crippen LogP contribution in [0, 0.1) is 5.82 Å². The van der Waals surface area contributed by atoms with E-state index in [1.54, 1.807) is 17.0 Å². The van der Waals surface area contributed by atoms with Crippen LogP contribution in [0.2, 0.25) is 0 Å². The van der Waals surface area contributed by atoms with Gasteiger partial charge in [0, 0.05) is 23.8 Å². The van der Waals surface area contributed by atoms with Crippen molar-refractivity contribution in [1.29, 1.82) is 0 Å². The van der Waals surface area contributed by atoms with Gasteiger partial charge >= 0.3 is 0 Å². The predicted molar refractivity (Wildman–Crippen MR) is 118 cm³/mol. The van der Waals surface area contributed by atoms with Gasteiger partial charge in [0.15, 0.2) is 5.69 Å². The van der Waals surface area contributed by atoms with E-state index in [9.17, 15) is 9.18 Å². The first-order valence-electron chi connectivity index (χ1n) is 10.3. The highest BCUT2D eigenvalue weighted by atomic mass is 32.2. The van der Waals surface area contributed by atoms with Crippen LogP contribution in [0.1, 0.15) is 44.9 Å². The van der Waals surface area contributed by atoms with E-state index >= 15 is 0 Å². The number of halogens is 1. The lowest BCUT2D eigenvalue weighted by atomic mass is 10.1. The summed E-state index contributed by atoms with van der Waals surface area (Å²) in [6.45, 7) is 3.63. The number of nitrogens with zero attached hydrogens (tertiary/aromatic N) is 4. The molecule has 0 fully saturated rings. The van der Waals surface area contributed by atoms with Crippen LogP contribution in [-0.2, 0) is 4.79 Å². The molecule has 0 unspecified atom stereocenters. The first kappa shape index (κ1) is 21.2. The van der Waals surface area contributed by atoms with Crippen molar-refractivity contribution in [2.45, 2.75) is 44.5 Å². The number of anilines is 1. The Bertz CT molecular complexity index is 1080. The fraction of sp³-hybridized carbons (Fsp3) is 0.304. The predicted octanol–water partition coefficient (Wildman–Crippen LogP) is 5.40. The smallest absolute Gasteiger partial charge is 0.247 e. The number of thioether (sulfide) groups is 1. The van der Waals surface area contributed by atoms with Crippen molar-refractivity contribution < 1.29 is 13.9 Å². The second-order valence-corrected chi connectivity index (χ2v) is 8.29. The van der Waals surface area contributed by atoms with Gasteiger partial charge < -0.3 is 4.74 Å². The maximum atomic E-state index is 13.5. The van der Waals surface area contributed by atoms with Crippen molar-refractivity contribution in [3.63, 3.8) is 0 Å². The Balaban J connectivity index is 1.79. The number of unbranched alkanes of at least 4 members (excludes halogenated alkanes) is 2. The van der Waals surface area contributed by atoms with Gasteiger partial charge in [0.2, 0.25) is 23.2 Å². The maximum absolute atomic E-state index is 13.5. The van der Waals surface area contributed by atoms with Gasteiger partial charge in [-0.2, -0.15) is 4.98 Å². The average Bonchev–Trinajstić information content (AvgIpc) is 2.91. The summed E-state index contributed by atoms with van der Waals surface area (Å²) in [5.74, 6) is 0.629. The summed E-state index contributed by atoms with van der Waals surface area (Å²) in [6.07, 6.45) is 2.55. The summed E-state index contributed by atoms with van der Waals surface area (Å²) in [4.78, 5) is 18.9. The highest BCUT2D eigenvalue weighted by Crippen LogP contribution is 2.43. The van der Waals surface area contributed by atoms with E-state index in [-0.39, 0.29) is 11.7 Å². The van der Waals surface area contributed by atoms with E-state index in [1.807, 2.05) is 24.3 Å². The normalized spacial score (nSPS) is 14.9. The van der Waals surface area contributed by atoms with Crippen molar-refractivity contribution in [2.75, 3.05) is 10.7 Å². The lowest BCUT2D eigenvalue weighted by molar-refractivity contribution is -0.118. The average molecular weight is 439 g/mol.